The summed E-state index contributed by atoms with van der Waals surface area (Å²) in [6, 6.07) is 3.33. The van der Waals surface area contributed by atoms with Crippen molar-refractivity contribution in [2.45, 2.75) is 38.3 Å². The molecule has 2 N–H and O–H groups in total. The summed E-state index contributed by atoms with van der Waals surface area (Å²) in [5.74, 6) is -2.18. The molecular weight excluding hydrogens is 330 g/mol. The molecule has 0 radical (unpaired) electrons. The van der Waals surface area contributed by atoms with Crippen molar-refractivity contribution >= 4 is 23.5 Å². The van der Waals surface area contributed by atoms with Crippen LogP contribution in [0.15, 0.2) is 24.3 Å². The van der Waals surface area contributed by atoms with E-state index in [9.17, 15) is 29.6 Å². The lowest BCUT2D eigenvalue weighted by molar-refractivity contribution is -0.384. The number of carbonyl (C=O) groups is 3. The van der Waals surface area contributed by atoms with Crippen LogP contribution in [-0.2, 0) is 9.59 Å². The Morgan fingerprint density at radius 1 is 1.36 bits per heavy atom. The Morgan fingerprint density at radius 2 is 2.08 bits per heavy atom. The number of rotatable bonds is 5. The summed E-state index contributed by atoms with van der Waals surface area (Å²) >= 11 is 0. The largest absolute Gasteiger partial charge is 0.480 e. The number of piperidine rings is 1. The Bertz CT molecular complexity index is 705. The summed E-state index contributed by atoms with van der Waals surface area (Å²) < 4.78 is 0. The van der Waals surface area contributed by atoms with Crippen LogP contribution in [0.25, 0.3) is 0 Å². The van der Waals surface area contributed by atoms with Gasteiger partial charge in [-0.15, -0.1) is 0 Å². The van der Waals surface area contributed by atoms with E-state index in [0.29, 0.717) is 19.4 Å². The Hall–Kier alpha value is -2.97. The Kier molecular flexibility index (Phi) is 5.68. The first-order valence-corrected chi connectivity index (χ1v) is 7.90. The molecule has 1 aromatic rings. The summed E-state index contributed by atoms with van der Waals surface area (Å²) in [5, 5.41) is 22.5. The molecule has 0 aliphatic carbocycles. The zero-order chi connectivity index (χ0) is 18.6. The summed E-state index contributed by atoms with van der Waals surface area (Å²) in [6.45, 7) is 1.79. The lowest BCUT2D eigenvalue weighted by Crippen LogP contribution is -2.54. The predicted molar refractivity (Wildman–Crippen MR) is 87.0 cm³/mol. The van der Waals surface area contributed by atoms with Gasteiger partial charge in [-0.25, -0.2) is 4.79 Å². The standard InChI is InChI=1S/C16H19N3O6/c1-10(15(21)18-8-3-2-7-13(18)16(22)23)17-14(20)11-5-4-6-12(9-11)19(24)25/h4-6,9-10,13H,2-3,7-8H2,1H3,(H,17,20)(H,22,23)/t10?,13-/m1/s1. The zero-order valence-corrected chi connectivity index (χ0v) is 13.7. The Morgan fingerprint density at radius 3 is 2.72 bits per heavy atom. The van der Waals surface area contributed by atoms with E-state index in [1.54, 1.807) is 0 Å². The SMILES string of the molecule is CC(NC(=O)c1cccc([N+](=O)[O-])c1)C(=O)N1CCCC[C@@H]1C(=O)O. The lowest BCUT2D eigenvalue weighted by atomic mass is 10.0. The third-order valence-corrected chi connectivity index (χ3v) is 4.11. The van der Waals surface area contributed by atoms with E-state index in [2.05, 4.69) is 5.32 Å². The van der Waals surface area contributed by atoms with Gasteiger partial charge in [-0.1, -0.05) is 6.07 Å². The van der Waals surface area contributed by atoms with Gasteiger partial charge >= 0.3 is 5.97 Å². The highest BCUT2D eigenvalue weighted by molar-refractivity contribution is 5.98. The third kappa shape index (κ3) is 4.31. The average molecular weight is 349 g/mol. The summed E-state index contributed by atoms with van der Waals surface area (Å²) in [6.07, 6.45) is 1.82. The number of carbonyl (C=O) groups excluding carboxylic acids is 2. The molecule has 1 aliphatic rings. The fraction of sp³-hybridized carbons (Fsp3) is 0.438. The van der Waals surface area contributed by atoms with E-state index in [0.717, 1.165) is 12.5 Å². The van der Waals surface area contributed by atoms with E-state index in [1.807, 2.05) is 0 Å². The van der Waals surface area contributed by atoms with Crippen LogP contribution in [0, 0.1) is 10.1 Å². The van der Waals surface area contributed by atoms with Crippen LogP contribution < -0.4 is 5.32 Å². The second kappa shape index (κ2) is 7.73. The van der Waals surface area contributed by atoms with Crippen molar-refractivity contribution in [3.63, 3.8) is 0 Å². The second-order valence-corrected chi connectivity index (χ2v) is 5.88. The smallest absolute Gasteiger partial charge is 0.326 e. The molecule has 0 spiro atoms. The topological polar surface area (TPSA) is 130 Å². The van der Waals surface area contributed by atoms with Crippen LogP contribution >= 0.6 is 0 Å². The maximum absolute atomic E-state index is 12.5. The molecule has 1 heterocycles. The van der Waals surface area contributed by atoms with E-state index in [1.165, 1.54) is 30.0 Å². The number of nitrogens with zero attached hydrogens (tertiary/aromatic N) is 2. The number of carboxylic acid groups (broad SMARTS) is 1. The van der Waals surface area contributed by atoms with Crippen molar-refractivity contribution in [2.75, 3.05) is 6.54 Å². The van der Waals surface area contributed by atoms with Crippen LogP contribution in [0.5, 0.6) is 0 Å². The van der Waals surface area contributed by atoms with Crippen molar-refractivity contribution in [3.8, 4) is 0 Å². The number of non-ortho nitro benzene ring substituents is 1. The molecule has 0 saturated carbocycles. The molecule has 2 atom stereocenters. The third-order valence-electron chi connectivity index (χ3n) is 4.11. The van der Waals surface area contributed by atoms with E-state index < -0.39 is 34.8 Å². The lowest BCUT2D eigenvalue weighted by Gasteiger charge is -2.34. The summed E-state index contributed by atoms with van der Waals surface area (Å²) in [4.78, 5) is 47.4. The Labute approximate surface area is 143 Å². The highest BCUT2D eigenvalue weighted by atomic mass is 16.6. The van der Waals surface area contributed by atoms with E-state index in [-0.39, 0.29) is 11.3 Å². The van der Waals surface area contributed by atoms with Crippen LogP contribution in [0.1, 0.15) is 36.5 Å². The van der Waals surface area contributed by atoms with Crippen LogP contribution in [0.2, 0.25) is 0 Å². The molecule has 1 aromatic carbocycles. The molecule has 2 amide bonds. The molecule has 1 aliphatic heterocycles. The molecule has 9 heteroatoms. The maximum atomic E-state index is 12.5. The minimum Gasteiger partial charge on any atom is -0.480 e. The minimum atomic E-state index is -1.06. The molecule has 0 bridgehead atoms. The minimum absolute atomic E-state index is 0.0577. The number of benzene rings is 1. The molecule has 1 fully saturated rings. The number of nitrogens with one attached hydrogen (secondary N) is 1. The van der Waals surface area contributed by atoms with Gasteiger partial charge in [0, 0.05) is 24.2 Å². The van der Waals surface area contributed by atoms with Crippen LogP contribution in [0.3, 0.4) is 0 Å². The van der Waals surface area contributed by atoms with Gasteiger partial charge in [0.25, 0.3) is 11.6 Å². The highest BCUT2D eigenvalue weighted by Crippen LogP contribution is 2.18. The first-order chi connectivity index (χ1) is 11.8. The van der Waals surface area contributed by atoms with Gasteiger partial charge in [-0.2, -0.15) is 0 Å². The predicted octanol–water partition coefficient (Wildman–Crippen LogP) is 1.18. The van der Waals surface area contributed by atoms with E-state index in [4.69, 9.17) is 0 Å². The van der Waals surface area contributed by atoms with Crippen molar-refractivity contribution < 1.29 is 24.4 Å². The van der Waals surface area contributed by atoms with E-state index >= 15 is 0 Å². The highest BCUT2D eigenvalue weighted by Gasteiger charge is 2.34. The van der Waals surface area contributed by atoms with Gasteiger partial charge in [0.15, 0.2) is 0 Å². The number of hydrogen-bond donors (Lipinski definition) is 2. The number of nitro groups is 1. The van der Waals surface area contributed by atoms with Gasteiger partial charge in [-0.05, 0) is 32.3 Å². The molecule has 2 rings (SSSR count). The molecular formula is C16H19N3O6. The molecule has 9 nitrogen and oxygen atoms in total. The quantitative estimate of drug-likeness (QED) is 0.606. The zero-order valence-electron chi connectivity index (χ0n) is 13.7. The molecule has 25 heavy (non-hydrogen) atoms. The normalized spacial score (nSPS) is 18.3. The number of likely N-dealkylation sites (tertiary alicyclic amines) is 1. The first-order valence-electron chi connectivity index (χ1n) is 7.90. The van der Waals surface area contributed by atoms with Crippen molar-refractivity contribution in [2.24, 2.45) is 0 Å². The Balaban J connectivity index is 2.07. The fourth-order valence-electron chi connectivity index (χ4n) is 2.80. The van der Waals surface area contributed by atoms with Crippen LogP contribution in [-0.4, -0.2) is 51.3 Å². The number of carboxylic acids is 1. The average Bonchev–Trinajstić information content (AvgIpc) is 2.60. The monoisotopic (exact) mass is 349 g/mol. The van der Waals surface area contributed by atoms with Gasteiger partial charge in [-0.3, -0.25) is 19.7 Å². The summed E-state index contributed by atoms with van der Waals surface area (Å²) in [5.41, 5.74) is -0.170. The van der Waals surface area contributed by atoms with Gasteiger partial charge in [0.2, 0.25) is 5.91 Å². The molecule has 1 unspecified atom stereocenters. The maximum Gasteiger partial charge on any atom is 0.326 e. The van der Waals surface area contributed by atoms with Crippen molar-refractivity contribution in [1.82, 2.24) is 10.2 Å². The van der Waals surface area contributed by atoms with Crippen molar-refractivity contribution in [3.05, 3.63) is 39.9 Å². The van der Waals surface area contributed by atoms with Gasteiger partial charge in [0.05, 0.1) is 4.92 Å². The van der Waals surface area contributed by atoms with Gasteiger partial charge < -0.3 is 15.3 Å². The van der Waals surface area contributed by atoms with Gasteiger partial charge in [0.1, 0.15) is 12.1 Å². The molecule has 134 valence electrons. The molecule has 1 saturated heterocycles. The number of nitro benzene ring substituents is 1. The summed E-state index contributed by atoms with van der Waals surface area (Å²) in [7, 11) is 0. The first kappa shape index (κ1) is 18.4. The number of hydrogen-bond acceptors (Lipinski definition) is 5. The number of aliphatic carboxylic acids is 1. The van der Waals surface area contributed by atoms with Crippen molar-refractivity contribution in [1.29, 1.82) is 0 Å². The number of amides is 2. The molecule has 0 aromatic heterocycles. The second-order valence-electron chi connectivity index (χ2n) is 5.88. The van der Waals surface area contributed by atoms with Crippen LogP contribution in [0.4, 0.5) is 5.69 Å². The fourth-order valence-corrected chi connectivity index (χ4v) is 2.80.